The molecule has 0 fully saturated rings. The molecule has 0 bridgehead atoms. The Morgan fingerprint density at radius 1 is 0.906 bits per heavy atom. The lowest BCUT2D eigenvalue weighted by Crippen LogP contribution is -1.94. The predicted molar refractivity (Wildman–Crippen MR) is 124 cm³/mol. The van der Waals surface area contributed by atoms with Gasteiger partial charge in [-0.15, -0.1) is 0 Å². The third kappa shape index (κ3) is 2.95. The first-order valence-corrected chi connectivity index (χ1v) is 10.6. The van der Waals surface area contributed by atoms with Gasteiger partial charge in [0.2, 0.25) is 0 Å². The number of nitrogen functional groups attached to an aromatic ring is 1. The molecule has 0 spiro atoms. The topological polar surface area (TPSA) is 69.6 Å². The zero-order chi connectivity index (χ0) is 21.7. The standard InChI is InChI=1S/C26H20FN5/c27-20-14-16(7-9-21(20)28)17-6-8-18-19(10-12-30-23(18)15-17)25-24-5-3-13-32(24)31-26(25)22-4-1-2-11-29-22/h1-2,4,6-12,14-15H,3,5,13,28H2. The molecule has 0 amide bonds. The highest BCUT2D eigenvalue weighted by molar-refractivity contribution is 6.00. The highest BCUT2D eigenvalue weighted by Gasteiger charge is 2.25. The number of nitrogens with zero attached hydrogens (tertiary/aromatic N) is 4. The molecule has 0 atom stereocenters. The first-order chi connectivity index (χ1) is 15.7. The van der Waals surface area contributed by atoms with Crippen molar-refractivity contribution >= 4 is 16.6 Å². The second-order valence-electron chi connectivity index (χ2n) is 8.04. The van der Waals surface area contributed by atoms with E-state index in [1.54, 1.807) is 12.3 Å². The summed E-state index contributed by atoms with van der Waals surface area (Å²) in [4.78, 5) is 9.17. The summed E-state index contributed by atoms with van der Waals surface area (Å²) in [5.41, 5.74) is 13.5. The first-order valence-electron chi connectivity index (χ1n) is 10.6. The van der Waals surface area contributed by atoms with Gasteiger partial charge in [-0.2, -0.15) is 5.10 Å². The van der Waals surface area contributed by atoms with Crippen LogP contribution < -0.4 is 5.73 Å². The van der Waals surface area contributed by atoms with Crippen molar-refractivity contribution in [3.05, 3.63) is 84.6 Å². The Hall–Kier alpha value is -4.06. The second kappa shape index (κ2) is 7.27. The number of halogens is 1. The molecule has 1 aliphatic rings. The third-order valence-electron chi connectivity index (χ3n) is 6.09. The van der Waals surface area contributed by atoms with Gasteiger partial charge >= 0.3 is 0 Å². The van der Waals surface area contributed by atoms with Gasteiger partial charge in [0.05, 0.1) is 16.9 Å². The fourth-order valence-corrected chi connectivity index (χ4v) is 4.55. The zero-order valence-electron chi connectivity index (χ0n) is 17.3. The van der Waals surface area contributed by atoms with E-state index in [-0.39, 0.29) is 5.69 Å². The molecule has 0 saturated heterocycles. The number of hydrogen-bond donors (Lipinski definition) is 1. The second-order valence-corrected chi connectivity index (χ2v) is 8.04. The molecule has 3 aromatic heterocycles. The first kappa shape index (κ1) is 18.7. The van der Waals surface area contributed by atoms with Crippen molar-refractivity contribution < 1.29 is 4.39 Å². The highest BCUT2D eigenvalue weighted by atomic mass is 19.1. The van der Waals surface area contributed by atoms with Gasteiger partial charge in [0, 0.05) is 35.6 Å². The number of hydrogen-bond acceptors (Lipinski definition) is 4. The van der Waals surface area contributed by atoms with Crippen LogP contribution in [0.5, 0.6) is 0 Å². The normalized spacial score (nSPS) is 12.9. The Morgan fingerprint density at radius 2 is 1.78 bits per heavy atom. The SMILES string of the molecule is Nc1ccc(-c2ccc3c(-c4c(-c5ccccn5)nn5c4CCC5)ccnc3c2)cc1F. The van der Waals surface area contributed by atoms with E-state index < -0.39 is 5.82 Å². The van der Waals surface area contributed by atoms with Crippen molar-refractivity contribution in [2.75, 3.05) is 5.73 Å². The summed E-state index contributed by atoms with van der Waals surface area (Å²) in [6, 6.07) is 18.9. The van der Waals surface area contributed by atoms with E-state index in [1.165, 1.54) is 11.8 Å². The quantitative estimate of drug-likeness (QED) is 0.391. The number of fused-ring (bicyclic) bond motifs is 2. The van der Waals surface area contributed by atoms with E-state index in [2.05, 4.69) is 20.7 Å². The number of benzene rings is 2. The maximum Gasteiger partial charge on any atom is 0.146 e. The van der Waals surface area contributed by atoms with Crippen LogP contribution in [0, 0.1) is 5.82 Å². The lowest BCUT2D eigenvalue weighted by atomic mass is 9.95. The molecule has 5 aromatic rings. The number of aryl methyl sites for hydroxylation is 1. The van der Waals surface area contributed by atoms with Crippen LogP contribution in [0.25, 0.3) is 44.5 Å². The summed E-state index contributed by atoms with van der Waals surface area (Å²) in [6.45, 7) is 0.922. The highest BCUT2D eigenvalue weighted by Crippen LogP contribution is 2.40. The minimum Gasteiger partial charge on any atom is -0.396 e. The summed E-state index contributed by atoms with van der Waals surface area (Å²) < 4.78 is 16.1. The van der Waals surface area contributed by atoms with Crippen molar-refractivity contribution in [3.8, 4) is 33.6 Å². The largest absolute Gasteiger partial charge is 0.396 e. The molecule has 0 radical (unpaired) electrons. The van der Waals surface area contributed by atoms with E-state index in [4.69, 9.17) is 10.8 Å². The van der Waals surface area contributed by atoms with Gasteiger partial charge in [-0.25, -0.2) is 4.39 Å². The van der Waals surface area contributed by atoms with Gasteiger partial charge < -0.3 is 5.73 Å². The van der Waals surface area contributed by atoms with E-state index in [0.29, 0.717) is 0 Å². The molecule has 0 unspecified atom stereocenters. The summed E-state index contributed by atoms with van der Waals surface area (Å²) in [5, 5.41) is 5.94. The number of pyridine rings is 2. The summed E-state index contributed by atoms with van der Waals surface area (Å²) in [5.74, 6) is -0.417. The summed E-state index contributed by atoms with van der Waals surface area (Å²) in [6.07, 6.45) is 5.70. The summed E-state index contributed by atoms with van der Waals surface area (Å²) >= 11 is 0. The average Bonchev–Trinajstić information content (AvgIpc) is 3.42. The van der Waals surface area contributed by atoms with Crippen LogP contribution in [0.3, 0.4) is 0 Å². The van der Waals surface area contributed by atoms with Crippen LogP contribution in [0.4, 0.5) is 10.1 Å². The Labute approximate surface area is 184 Å². The molecule has 156 valence electrons. The Morgan fingerprint density at radius 3 is 2.62 bits per heavy atom. The van der Waals surface area contributed by atoms with Crippen LogP contribution in [0.1, 0.15) is 12.1 Å². The van der Waals surface area contributed by atoms with Crippen molar-refractivity contribution in [2.24, 2.45) is 0 Å². The maximum absolute atomic E-state index is 14.0. The predicted octanol–water partition coefficient (Wildman–Crippen LogP) is 5.49. The molecule has 2 aromatic carbocycles. The monoisotopic (exact) mass is 421 g/mol. The van der Waals surface area contributed by atoms with E-state index in [0.717, 1.165) is 63.9 Å². The third-order valence-corrected chi connectivity index (χ3v) is 6.09. The average molecular weight is 421 g/mol. The van der Waals surface area contributed by atoms with Crippen LogP contribution in [-0.2, 0) is 13.0 Å². The summed E-state index contributed by atoms with van der Waals surface area (Å²) in [7, 11) is 0. The molecular formula is C26H20FN5. The van der Waals surface area contributed by atoms with Crippen molar-refractivity contribution in [1.82, 2.24) is 19.7 Å². The fourth-order valence-electron chi connectivity index (χ4n) is 4.55. The van der Waals surface area contributed by atoms with Gasteiger partial charge in [-0.3, -0.25) is 14.6 Å². The molecule has 6 heteroatoms. The fraction of sp³-hybridized carbons (Fsp3) is 0.115. The van der Waals surface area contributed by atoms with Gasteiger partial charge in [0.25, 0.3) is 0 Å². The zero-order valence-corrected chi connectivity index (χ0v) is 17.3. The van der Waals surface area contributed by atoms with E-state index in [1.807, 2.05) is 48.7 Å². The molecule has 6 rings (SSSR count). The lowest BCUT2D eigenvalue weighted by Gasteiger charge is -2.10. The minimum absolute atomic E-state index is 0.145. The molecular weight excluding hydrogens is 401 g/mol. The van der Waals surface area contributed by atoms with Gasteiger partial charge in [0.1, 0.15) is 11.5 Å². The molecule has 0 saturated carbocycles. The number of aromatic nitrogens is 4. The van der Waals surface area contributed by atoms with Crippen LogP contribution in [-0.4, -0.2) is 19.7 Å². The van der Waals surface area contributed by atoms with Gasteiger partial charge in [-0.05, 0) is 65.9 Å². The molecule has 32 heavy (non-hydrogen) atoms. The van der Waals surface area contributed by atoms with Gasteiger partial charge in [-0.1, -0.05) is 24.3 Å². The molecule has 4 heterocycles. The number of rotatable bonds is 3. The van der Waals surface area contributed by atoms with Crippen LogP contribution in [0.15, 0.2) is 73.1 Å². The van der Waals surface area contributed by atoms with Crippen molar-refractivity contribution in [1.29, 1.82) is 0 Å². The Bertz CT molecular complexity index is 1470. The van der Waals surface area contributed by atoms with Crippen LogP contribution in [0.2, 0.25) is 0 Å². The maximum atomic E-state index is 14.0. The van der Waals surface area contributed by atoms with E-state index in [9.17, 15) is 4.39 Å². The van der Waals surface area contributed by atoms with Crippen molar-refractivity contribution in [2.45, 2.75) is 19.4 Å². The molecule has 1 aliphatic heterocycles. The Kier molecular flexibility index (Phi) is 4.24. The van der Waals surface area contributed by atoms with E-state index >= 15 is 0 Å². The van der Waals surface area contributed by atoms with Crippen molar-refractivity contribution in [3.63, 3.8) is 0 Å². The van der Waals surface area contributed by atoms with Gasteiger partial charge in [0.15, 0.2) is 0 Å². The number of nitrogens with two attached hydrogens (primary N) is 1. The number of anilines is 1. The molecule has 5 nitrogen and oxygen atoms in total. The molecule has 2 N–H and O–H groups in total. The smallest absolute Gasteiger partial charge is 0.146 e. The molecule has 0 aliphatic carbocycles. The lowest BCUT2D eigenvalue weighted by molar-refractivity contribution is 0.633. The minimum atomic E-state index is -0.417. The van der Waals surface area contributed by atoms with Crippen LogP contribution >= 0.6 is 0 Å². The Balaban J connectivity index is 1.55.